The van der Waals surface area contributed by atoms with E-state index in [9.17, 15) is 13.2 Å². The number of anilines is 1. The lowest BCUT2D eigenvalue weighted by Gasteiger charge is -2.20. The number of nitrogens with zero attached hydrogens (tertiary/aromatic N) is 2. The molecule has 1 heterocycles. The maximum Gasteiger partial charge on any atom is 0.248 e. The van der Waals surface area contributed by atoms with Gasteiger partial charge in [-0.25, -0.2) is 13.4 Å². The number of hydrogen-bond donors (Lipinski definition) is 1. The van der Waals surface area contributed by atoms with E-state index in [2.05, 4.69) is 10.3 Å². The highest BCUT2D eigenvalue weighted by Gasteiger charge is 2.23. The summed E-state index contributed by atoms with van der Waals surface area (Å²) in [5, 5.41) is 4.53. The highest BCUT2D eigenvalue weighted by Crippen LogP contribution is 2.32. The van der Waals surface area contributed by atoms with E-state index in [0.717, 1.165) is 0 Å². The van der Waals surface area contributed by atoms with Crippen molar-refractivity contribution in [1.29, 1.82) is 0 Å². The number of hydrogen-bond acceptors (Lipinski definition) is 6. The first-order chi connectivity index (χ1) is 14.9. The summed E-state index contributed by atoms with van der Waals surface area (Å²) in [6.07, 6.45) is 2.92. The molecular weight excluding hydrogens is 434 g/mol. The van der Waals surface area contributed by atoms with Crippen LogP contribution in [0.2, 0.25) is 0 Å². The van der Waals surface area contributed by atoms with Gasteiger partial charge in [-0.1, -0.05) is 32.0 Å². The third-order valence-corrected chi connectivity index (χ3v) is 7.03. The number of sulfonamides is 1. The molecule has 0 radical (unpaired) electrons. The highest BCUT2D eigenvalue weighted by molar-refractivity contribution is 7.89. The van der Waals surface area contributed by atoms with Gasteiger partial charge in [-0.2, -0.15) is 4.31 Å². The van der Waals surface area contributed by atoms with Crippen molar-refractivity contribution in [2.75, 3.05) is 18.4 Å². The summed E-state index contributed by atoms with van der Waals surface area (Å²) in [4.78, 5) is 16.7. The van der Waals surface area contributed by atoms with Crippen LogP contribution in [0, 0.1) is 0 Å². The first-order valence-electron chi connectivity index (χ1n) is 9.68. The summed E-state index contributed by atoms with van der Waals surface area (Å²) in [7, 11) is -3.70. The summed E-state index contributed by atoms with van der Waals surface area (Å²) in [5.74, 6) is 0.471. The molecule has 1 N–H and O–H groups in total. The van der Waals surface area contributed by atoms with Gasteiger partial charge in [0.25, 0.3) is 0 Å². The van der Waals surface area contributed by atoms with Crippen LogP contribution in [0.5, 0.6) is 11.5 Å². The molecule has 2 aromatic carbocycles. The summed E-state index contributed by atoms with van der Waals surface area (Å²) in [5.41, 5.74) is 2.59. The number of ether oxygens (including phenoxy) is 1. The molecule has 0 atom stereocenters. The molecule has 0 aliphatic heterocycles. The van der Waals surface area contributed by atoms with Crippen LogP contribution in [0.3, 0.4) is 0 Å². The Balaban J connectivity index is 1.94. The maximum atomic E-state index is 12.9. The van der Waals surface area contributed by atoms with Gasteiger partial charge in [0, 0.05) is 24.5 Å². The van der Waals surface area contributed by atoms with Crippen LogP contribution in [0.1, 0.15) is 19.5 Å². The number of para-hydroxylation sites is 1. The number of aromatic nitrogens is 1. The van der Waals surface area contributed by atoms with E-state index in [0.29, 0.717) is 30.3 Å². The first kappa shape index (κ1) is 22.7. The number of rotatable bonds is 9. The fourth-order valence-corrected chi connectivity index (χ4v) is 4.83. The van der Waals surface area contributed by atoms with E-state index in [1.165, 1.54) is 33.9 Å². The molecule has 0 aliphatic rings. The molecule has 9 heteroatoms. The molecule has 3 aromatic rings. The third-order valence-electron chi connectivity index (χ3n) is 4.38. The van der Waals surface area contributed by atoms with E-state index >= 15 is 0 Å². The zero-order chi connectivity index (χ0) is 22.3. The summed E-state index contributed by atoms with van der Waals surface area (Å²) in [6, 6.07) is 13.5. The molecule has 0 spiro atoms. The normalized spacial score (nSPS) is 11.7. The minimum atomic E-state index is -3.70. The minimum Gasteiger partial charge on any atom is -0.455 e. The Morgan fingerprint density at radius 1 is 1.16 bits per heavy atom. The van der Waals surface area contributed by atoms with Crippen molar-refractivity contribution in [3.05, 3.63) is 71.2 Å². The van der Waals surface area contributed by atoms with Crippen LogP contribution in [0.4, 0.5) is 5.69 Å². The quantitative estimate of drug-likeness (QED) is 0.474. The Hall–Kier alpha value is -3.01. The summed E-state index contributed by atoms with van der Waals surface area (Å²) in [6.45, 7) is 4.25. The standard InChI is InChI=1S/C22H23N3O4S2/c1-3-25(4-2)31(27,28)19-11-12-21(29-18-8-6-5-7-9-18)20(14-19)24-22(26)13-10-17-15-30-16-23-17/h5-16H,3-4H2,1-2H3,(H,24,26)/b13-10+. The fraction of sp³-hybridized carbons (Fsp3) is 0.182. The minimum absolute atomic E-state index is 0.0791. The maximum absolute atomic E-state index is 12.9. The van der Waals surface area contributed by atoms with Gasteiger partial charge in [-0.15, -0.1) is 11.3 Å². The number of nitrogens with one attached hydrogen (secondary N) is 1. The van der Waals surface area contributed by atoms with Crippen LogP contribution in [-0.2, 0) is 14.8 Å². The van der Waals surface area contributed by atoms with Crippen molar-refractivity contribution in [1.82, 2.24) is 9.29 Å². The first-order valence-corrected chi connectivity index (χ1v) is 12.1. The van der Waals surface area contributed by atoms with Crippen LogP contribution in [0.25, 0.3) is 6.08 Å². The molecule has 0 bridgehead atoms. The van der Waals surface area contributed by atoms with Crippen molar-refractivity contribution in [3.63, 3.8) is 0 Å². The average molecular weight is 458 g/mol. The monoisotopic (exact) mass is 457 g/mol. The van der Waals surface area contributed by atoms with Gasteiger partial charge in [-0.05, 0) is 36.4 Å². The van der Waals surface area contributed by atoms with Crippen LogP contribution in [-0.4, -0.2) is 36.7 Å². The number of carbonyl (C=O) groups excluding carboxylic acids is 1. The van der Waals surface area contributed by atoms with E-state index < -0.39 is 15.9 Å². The Labute approximate surface area is 186 Å². The number of amides is 1. The second-order valence-electron chi connectivity index (χ2n) is 6.40. The third kappa shape index (κ3) is 5.78. The molecule has 31 heavy (non-hydrogen) atoms. The molecular formula is C22H23N3O4S2. The second-order valence-corrected chi connectivity index (χ2v) is 9.05. The lowest BCUT2D eigenvalue weighted by molar-refractivity contribution is -0.111. The van der Waals surface area contributed by atoms with Crippen LogP contribution in [0.15, 0.2) is 70.4 Å². The molecule has 3 rings (SSSR count). The number of carbonyl (C=O) groups is 1. The molecule has 0 aliphatic carbocycles. The fourth-order valence-electron chi connectivity index (χ4n) is 2.82. The molecule has 1 aromatic heterocycles. The smallest absolute Gasteiger partial charge is 0.248 e. The topological polar surface area (TPSA) is 88.6 Å². The summed E-state index contributed by atoms with van der Waals surface area (Å²) >= 11 is 1.43. The van der Waals surface area contributed by atoms with Crippen LogP contribution < -0.4 is 10.1 Å². The van der Waals surface area contributed by atoms with E-state index in [1.54, 1.807) is 43.6 Å². The van der Waals surface area contributed by atoms with Crippen molar-refractivity contribution in [2.24, 2.45) is 0 Å². The molecule has 0 saturated heterocycles. The Kier molecular flexibility index (Phi) is 7.56. The van der Waals surface area contributed by atoms with Crippen LogP contribution >= 0.6 is 11.3 Å². The van der Waals surface area contributed by atoms with Gasteiger partial charge < -0.3 is 10.1 Å². The Morgan fingerprint density at radius 2 is 1.90 bits per heavy atom. The zero-order valence-electron chi connectivity index (χ0n) is 17.2. The SMILES string of the molecule is CCN(CC)S(=O)(=O)c1ccc(Oc2ccccc2)c(NC(=O)/C=C/c2cscn2)c1. The lowest BCUT2D eigenvalue weighted by Crippen LogP contribution is -2.30. The van der Waals surface area contributed by atoms with Gasteiger partial charge in [0.2, 0.25) is 15.9 Å². The summed E-state index contributed by atoms with van der Waals surface area (Å²) < 4.78 is 33.1. The van der Waals surface area contributed by atoms with Crippen molar-refractivity contribution in [2.45, 2.75) is 18.7 Å². The van der Waals surface area contributed by atoms with Gasteiger partial charge in [0.15, 0.2) is 5.75 Å². The molecule has 0 unspecified atom stereocenters. The zero-order valence-corrected chi connectivity index (χ0v) is 18.8. The number of benzene rings is 2. The highest BCUT2D eigenvalue weighted by atomic mass is 32.2. The van der Waals surface area contributed by atoms with Gasteiger partial charge in [-0.3, -0.25) is 4.79 Å². The molecule has 0 fully saturated rings. The van der Waals surface area contributed by atoms with Gasteiger partial charge in [0.05, 0.1) is 21.8 Å². The van der Waals surface area contributed by atoms with Gasteiger partial charge >= 0.3 is 0 Å². The van der Waals surface area contributed by atoms with Crippen molar-refractivity contribution >= 4 is 39.0 Å². The average Bonchev–Trinajstić information content (AvgIpc) is 3.28. The predicted octanol–water partition coefficient (Wildman–Crippen LogP) is 4.62. The predicted molar refractivity (Wildman–Crippen MR) is 123 cm³/mol. The Morgan fingerprint density at radius 3 is 2.55 bits per heavy atom. The number of thiazole rings is 1. The Bertz CT molecular complexity index is 1140. The second kappa shape index (κ2) is 10.3. The lowest BCUT2D eigenvalue weighted by atomic mass is 10.2. The van der Waals surface area contributed by atoms with Crippen molar-refractivity contribution < 1.29 is 17.9 Å². The van der Waals surface area contributed by atoms with E-state index in [-0.39, 0.29) is 10.6 Å². The molecule has 162 valence electrons. The van der Waals surface area contributed by atoms with Crippen molar-refractivity contribution in [3.8, 4) is 11.5 Å². The van der Waals surface area contributed by atoms with E-state index in [4.69, 9.17) is 4.74 Å². The van der Waals surface area contributed by atoms with E-state index in [1.807, 2.05) is 23.6 Å². The van der Waals surface area contributed by atoms with Gasteiger partial charge in [0.1, 0.15) is 5.75 Å². The molecule has 7 nitrogen and oxygen atoms in total. The largest absolute Gasteiger partial charge is 0.455 e. The molecule has 1 amide bonds. The molecule has 0 saturated carbocycles.